The van der Waals surface area contributed by atoms with E-state index in [-0.39, 0.29) is 23.2 Å². The second-order valence-corrected chi connectivity index (χ2v) is 11.4. The minimum atomic E-state index is -3.52. The molecule has 0 spiro atoms. The van der Waals surface area contributed by atoms with E-state index in [1.165, 1.54) is 27.8 Å². The van der Waals surface area contributed by atoms with Gasteiger partial charge in [-0.05, 0) is 69.4 Å². The van der Waals surface area contributed by atoms with Crippen molar-refractivity contribution in [2.24, 2.45) is 0 Å². The number of benzene rings is 2. The van der Waals surface area contributed by atoms with Gasteiger partial charge < -0.3 is 4.90 Å². The fourth-order valence-corrected chi connectivity index (χ4v) is 6.37. The minimum Gasteiger partial charge on any atom is -0.308 e. The smallest absolute Gasteiger partial charge is 0.260 e. The molecule has 1 saturated heterocycles. The summed E-state index contributed by atoms with van der Waals surface area (Å²) in [6, 6.07) is 11.6. The lowest BCUT2D eigenvalue weighted by Crippen LogP contribution is -2.36. The van der Waals surface area contributed by atoms with E-state index in [9.17, 15) is 13.2 Å². The van der Waals surface area contributed by atoms with Crippen molar-refractivity contribution in [2.45, 2.75) is 17.7 Å². The molecule has 3 aromatic rings. The van der Waals surface area contributed by atoms with Crippen LogP contribution in [0, 0.1) is 0 Å². The second kappa shape index (κ2) is 10.7. The van der Waals surface area contributed by atoms with Gasteiger partial charge >= 0.3 is 0 Å². The standard InChI is InChI=1S/C22H25ClN4O3S2.ClH/c1-25(2)13-14-27(22-24-19-10-7-17(23)15-20(19)31-22)21(28)16-5-8-18(9-6-16)32(29,30)26-11-3-4-12-26;/h5-10,15H,3-4,11-14H2,1-2H3;1H. The molecule has 0 aliphatic carbocycles. The van der Waals surface area contributed by atoms with Crippen LogP contribution < -0.4 is 4.90 Å². The maximum Gasteiger partial charge on any atom is 0.260 e. The van der Waals surface area contributed by atoms with Crippen molar-refractivity contribution in [3.63, 3.8) is 0 Å². The zero-order valence-corrected chi connectivity index (χ0v) is 21.6. The van der Waals surface area contributed by atoms with E-state index < -0.39 is 10.0 Å². The van der Waals surface area contributed by atoms with Crippen molar-refractivity contribution >= 4 is 66.6 Å². The van der Waals surface area contributed by atoms with Crippen LogP contribution in [0.2, 0.25) is 5.02 Å². The Balaban J connectivity index is 0.00000306. The van der Waals surface area contributed by atoms with Gasteiger partial charge in [0.15, 0.2) is 5.13 Å². The summed E-state index contributed by atoms with van der Waals surface area (Å²) in [7, 11) is 0.369. The van der Waals surface area contributed by atoms with Crippen molar-refractivity contribution in [3.8, 4) is 0 Å². The molecule has 7 nitrogen and oxygen atoms in total. The van der Waals surface area contributed by atoms with Crippen LogP contribution in [0.1, 0.15) is 23.2 Å². The van der Waals surface area contributed by atoms with E-state index in [1.54, 1.807) is 23.1 Å². The molecule has 0 saturated carbocycles. The maximum atomic E-state index is 13.4. The molecule has 2 aromatic carbocycles. The van der Waals surface area contributed by atoms with Crippen LogP contribution in [-0.4, -0.2) is 68.8 Å². The van der Waals surface area contributed by atoms with Crippen LogP contribution in [0.5, 0.6) is 0 Å². The molecular formula is C22H26Cl2N4O3S2. The van der Waals surface area contributed by atoms with Gasteiger partial charge in [-0.3, -0.25) is 9.69 Å². The van der Waals surface area contributed by atoms with Gasteiger partial charge in [0.1, 0.15) is 0 Å². The summed E-state index contributed by atoms with van der Waals surface area (Å²) in [5, 5.41) is 1.21. The Morgan fingerprint density at radius 2 is 1.76 bits per heavy atom. The first kappa shape index (κ1) is 25.9. The van der Waals surface area contributed by atoms with Crippen LogP contribution >= 0.6 is 35.3 Å². The number of rotatable bonds is 7. The number of carbonyl (C=O) groups excluding carboxylic acids is 1. The first-order valence-corrected chi connectivity index (χ1v) is 13.0. The Morgan fingerprint density at radius 3 is 2.39 bits per heavy atom. The molecule has 33 heavy (non-hydrogen) atoms. The highest BCUT2D eigenvalue weighted by atomic mass is 35.5. The van der Waals surface area contributed by atoms with Crippen LogP contribution in [0.4, 0.5) is 5.13 Å². The zero-order valence-electron chi connectivity index (χ0n) is 18.4. The number of likely N-dealkylation sites (N-methyl/N-ethyl adjacent to an activating group) is 1. The largest absolute Gasteiger partial charge is 0.308 e. The number of carbonyl (C=O) groups is 1. The zero-order chi connectivity index (χ0) is 22.9. The average Bonchev–Trinajstić information content (AvgIpc) is 3.44. The third-order valence-electron chi connectivity index (χ3n) is 5.39. The molecule has 0 radical (unpaired) electrons. The molecule has 1 aliphatic heterocycles. The van der Waals surface area contributed by atoms with Gasteiger partial charge in [-0.2, -0.15) is 4.31 Å². The lowest BCUT2D eigenvalue weighted by molar-refractivity contribution is 0.0985. The van der Waals surface area contributed by atoms with Crippen LogP contribution in [0.3, 0.4) is 0 Å². The van der Waals surface area contributed by atoms with Gasteiger partial charge in [0, 0.05) is 36.8 Å². The molecule has 11 heteroatoms. The number of sulfonamides is 1. The Kier molecular flexibility index (Phi) is 8.36. The lowest BCUT2D eigenvalue weighted by Gasteiger charge is -2.22. The van der Waals surface area contributed by atoms with E-state index in [2.05, 4.69) is 4.98 Å². The fraction of sp³-hybridized carbons (Fsp3) is 0.364. The van der Waals surface area contributed by atoms with Gasteiger partial charge in [0.05, 0.1) is 15.1 Å². The highest BCUT2D eigenvalue weighted by Gasteiger charge is 2.28. The summed E-state index contributed by atoms with van der Waals surface area (Å²) in [5.74, 6) is -0.220. The molecule has 1 fully saturated rings. The maximum absolute atomic E-state index is 13.4. The Hall–Kier alpha value is -1.75. The number of hydrogen-bond acceptors (Lipinski definition) is 6. The topological polar surface area (TPSA) is 73.8 Å². The molecule has 4 rings (SSSR count). The number of fused-ring (bicyclic) bond motifs is 1. The van der Waals surface area contributed by atoms with E-state index in [4.69, 9.17) is 11.6 Å². The molecule has 1 aliphatic rings. The third kappa shape index (κ3) is 5.67. The Labute approximate surface area is 209 Å². The Morgan fingerprint density at radius 1 is 1.09 bits per heavy atom. The number of nitrogens with zero attached hydrogens (tertiary/aromatic N) is 4. The molecular weight excluding hydrogens is 503 g/mol. The van der Waals surface area contributed by atoms with Gasteiger partial charge in [0.25, 0.3) is 5.91 Å². The van der Waals surface area contributed by atoms with Gasteiger partial charge in [-0.1, -0.05) is 22.9 Å². The van der Waals surface area contributed by atoms with Crippen molar-refractivity contribution in [1.82, 2.24) is 14.2 Å². The highest BCUT2D eigenvalue weighted by Crippen LogP contribution is 2.31. The first-order chi connectivity index (χ1) is 15.3. The summed E-state index contributed by atoms with van der Waals surface area (Å²) < 4.78 is 28.0. The first-order valence-electron chi connectivity index (χ1n) is 10.4. The van der Waals surface area contributed by atoms with Crippen LogP contribution in [-0.2, 0) is 10.0 Å². The molecule has 1 amide bonds. The quantitative estimate of drug-likeness (QED) is 0.455. The van der Waals surface area contributed by atoms with Crippen LogP contribution in [0.25, 0.3) is 10.2 Å². The van der Waals surface area contributed by atoms with E-state index in [1.807, 2.05) is 31.1 Å². The number of anilines is 1. The van der Waals surface area contributed by atoms with Crippen molar-refractivity contribution in [2.75, 3.05) is 45.2 Å². The van der Waals surface area contributed by atoms with E-state index in [0.717, 1.165) is 23.1 Å². The van der Waals surface area contributed by atoms with Gasteiger partial charge in [0.2, 0.25) is 10.0 Å². The number of amides is 1. The van der Waals surface area contributed by atoms with E-state index in [0.29, 0.717) is 41.9 Å². The monoisotopic (exact) mass is 528 g/mol. The lowest BCUT2D eigenvalue weighted by atomic mass is 10.2. The summed E-state index contributed by atoms with van der Waals surface area (Å²) in [6.07, 6.45) is 1.76. The van der Waals surface area contributed by atoms with Crippen molar-refractivity contribution < 1.29 is 13.2 Å². The summed E-state index contributed by atoms with van der Waals surface area (Å²) in [4.78, 5) is 21.9. The minimum absolute atomic E-state index is 0. The normalized spacial score (nSPS) is 14.5. The van der Waals surface area contributed by atoms with Crippen LogP contribution in [0.15, 0.2) is 47.4 Å². The molecule has 1 aromatic heterocycles. The highest BCUT2D eigenvalue weighted by molar-refractivity contribution is 7.89. The molecule has 0 atom stereocenters. The number of halogens is 2. The average molecular weight is 530 g/mol. The van der Waals surface area contributed by atoms with Gasteiger partial charge in [-0.25, -0.2) is 13.4 Å². The Bertz CT molecular complexity index is 1220. The van der Waals surface area contributed by atoms with Crippen molar-refractivity contribution in [1.29, 1.82) is 0 Å². The summed E-state index contributed by atoms with van der Waals surface area (Å²) in [6.45, 7) is 2.20. The second-order valence-electron chi connectivity index (χ2n) is 8.00. The van der Waals surface area contributed by atoms with Gasteiger partial charge in [-0.15, -0.1) is 12.4 Å². The van der Waals surface area contributed by atoms with E-state index >= 15 is 0 Å². The molecule has 0 bridgehead atoms. The third-order valence-corrected chi connectivity index (χ3v) is 8.58. The van der Waals surface area contributed by atoms with Crippen molar-refractivity contribution in [3.05, 3.63) is 53.1 Å². The number of aromatic nitrogens is 1. The predicted molar refractivity (Wildman–Crippen MR) is 137 cm³/mol. The molecule has 2 heterocycles. The summed E-state index contributed by atoms with van der Waals surface area (Å²) in [5.41, 5.74) is 1.20. The predicted octanol–water partition coefficient (Wildman–Crippen LogP) is 4.36. The number of thiazole rings is 1. The number of hydrogen-bond donors (Lipinski definition) is 0. The SMILES string of the molecule is CN(C)CCN(C(=O)c1ccc(S(=O)(=O)N2CCCC2)cc1)c1nc2ccc(Cl)cc2s1.Cl. The molecule has 178 valence electrons. The summed E-state index contributed by atoms with van der Waals surface area (Å²) >= 11 is 7.51. The fourth-order valence-electron chi connectivity index (χ4n) is 3.59. The molecule has 0 unspecified atom stereocenters. The molecule has 0 N–H and O–H groups in total.